The summed E-state index contributed by atoms with van der Waals surface area (Å²) < 4.78 is 1.89. The summed E-state index contributed by atoms with van der Waals surface area (Å²) in [6.07, 6.45) is 7.70. The molecule has 152 valence electrons. The first-order valence-electron chi connectivity index (χ1n) is 10.1. The predicted molar refractivity (Wildman–Crippen MR) is 102 cm³/mol. The molecule has 3 rings (SSSR count). The van der Waals surface area contributed by atoms with Gasteiger partial charge in [-0.25, -0.2) is 4.68 Å². The third-order valence-electron chi connectivity index (χ3n) is 5.85. The summed E-state index contributed by atoms with van der Waals surface area (Å²) in [6.45, 7) is 0. The molecule has 1 aromatic heterocycles. The van der Waals surface area contributed by atoms with E-state index in [1.165, 1.54) is 0 Å². The molecular weight excluding hydrogens is 366 g/mol. The molecule has 0 radical (unpaired) electrons. The van der Waals surface area contributed by atoms with Crippen LogP contribution in [0.2, 0.25) is 0 Å². The van der Waals surface area contributed by atoms with Crippen LogP contribution in [-0.2, 0) is 4.79 Å². The topological polar surface area (TPSA) is 104 Å². The van der Waals surface area contributed by atoms with Gasteiger partial charge < -0.3 is 15.1 Å². The molecule has 27 heavy (non-hydrogen) atoms. The third-order valence-corrected chi connectivity index (χ3v) is 6.87. The zero-order valence-corrected chi connectivity index (χ0v) is 16.9. The van der Waals surface area contributed by atoms with Gasteiger partial charge in [0.05, 0.1) is 18.2 Å². The van der Waals surface area contributed by atoms with Crippen molar-refractivity contribution in [2.24, 2.45) is 0 Å². The first kappa shape index (κ1) is 20.5. The molecule has 9 heteroatoms. The molecule has 0 spiro atoms. The van der Waals surface area contributed by atoms with Gasteiger partial charge in [-0.2, -0.15) is 0 Å². The van der Waals surface area contributed by atoms with Gasteiger partial charge in [0.25, 0.3) is 0 Å². The van der Waals surface area contributed by atoms with Gasteiger partial charge in [-0.15, -0.1) is 5.10 Å². The lowest BCUT2D eigenvalue weighted by atomic mass is 9.92. The summed E-state index contributed by atoms with van der Waals surface area (Å²) in [5.41, 5.74) is 0. The van der Waals surface area contributed by atoms with E-state index in [4.69, 9.17) is 0 Å². The monoisotopic (exact) mass is 397 g/mol. The maximum atomic E-state index is 12.4. The molecule has 0 atom stereocenters. The van der Waals surface area contributed by atoms with Crippen molar-refractivity contribution in [2.45, 2.75) is 93.7 Å². The molecule has 0 unspecified atom stereocenters. The minimum Gasteiger partial charge on any atom is -0.393 e. The van der Waals surface area contributed by atoms with Gasteiger partial charge in [-0.1, -0.05) is 11.8 Å². The lowest BCUT2D eigenvalue weighted by Gasteiger charge is -2.33. The van der Waals surface area contributed by atoms with Crippen LogP contribution in [0.15, 0.2) is 5.16 Å². The van der Waals surface area contributed by atoms with E-state index in [-0.39, 0.29) is 30.2 Å². The molecule has 2 aliphatic rings. The standard InChI is InChI=1S/C18H31N5O3S/c1-22(13-4-8-15(24)9-5-13)17(26)3-2-12-27-18-19-20-21-23(18)14-6-10-16(25)11-7-14/h13-16,24-25H,2-12H2,1H3. The van der Waals surface area contributed by atoms with Crippen molar-refractivity contribution < 1.29 is 15.0 Å². The van der Waals surface area contributed by atoms with Crippen molar-refractivity contribution in [3.8, 4) is 0 Å². The molecule has 1 amide bonds. The Balaban J connectivity index is 1.39. The molecule has 2 saturated carbocycles. The van der Waals surface area contributed by atoms with E-state index < -0.39 is 0 Å². The van der Waals surface area contributed by atoms with Gasteiger partial charge in [-0.3, -0.25) is 4.79 Å². The number of carbonyl (C=O) groups excluding carboxylic acids is 1. The first-order valence-corrected chi connectivity index (χ1v) is 11.1. The number of thioether (sulfide) groups is 1. The predicted octanol–water partition coefficient (Wildman–Crippen LogP) is 1.78. The quantitative estimate of drug-likeness (QED) is 0.534. The molecule has 0 aromatic carbocycles. The maximum absolute atomic E-state index is 12.4. The normalized spacial score (nSPS) is 28.9. The van der Waals surface area contributed by atoms with Crippen LogP contribution in [-0.4, -0.2) is 72.3 Å². The molecule has 2 aliphatic carbocycles. The Bertz CT molecular complexity index is 598. The second-order valence-electron chi connectivity index (χ2n) is 7.79. The average molecular weight is 398 g/mol. The zero-order chi connectivity index (χ0) is 19.2. The molecule has 2 N–H and O–H groups in total. The van der Waals surface area contributed by atoms with Crippen molar-refractivity contribution >= 4 is 17.7 Å². The minimum absolute atomic E-state index is 0.179. The summed E-state index contributed by atoms with van der Waals surface area (Å²) in [5.74, 6) is 0.983. The van der Waals surface area contributed by atoms with Crippen LogP contribution in [0.5, 0.6) is 0 Å². The number of carbonyl (C=O) groups is 1. The van der Waals surface area contributed by atoms with Crippen molar-refractivity contribution in [2.75, 3.05) is 12.8 Å². The van der Waals surface area contributed by atoms with Crippen LogP contribution in [0.1, 0.15) is 70.3 Å². The van der Waals surface area contributed by atoms with E-state index in [2.05, 4.69) is 15.5 Å². The summed E-state index contributed by atoms with van der Waals surface area (Å²) in [6, 6.07) is 0.530. The molecule has 0 bridgehead atoms. The number of hydrogen-bond donors (Lipinski definition) is 2. The number of rotatable bonds is 7. The van der Waals surface area contributed by atoms with Crippen LogP contribution >= 0.6 is 11.8 Å². The van der Waals surface area contributed by atoms with E-state index in [0.717, 1.165) is 68.7 Å². The van der Waals surface area contributed by atoms with Crippen LogP contribution in [0.3, 0.4) is 0 Å². The molecule has 8 nitrogen and oxygen atoms in total. The van der Waals surface area contributed by atoms with Crippen molar-refractivity contribution in [3.05, 3.63) is 0 Å². The number of tetrazole rings is 1. The molecule has 1 heterocycles. The van der Waals surface area contributed by atoms with E-state index in [1.807, 2.05) is 16.6 Å². The summed E-state index contributed by atoms with van der Waals surface area (Å²) in [5, 5.41) is 32.1. The fraction of sp³-hybridized carbons (Fsp3) is 0.889. The van der Waals surface area contributed by atoms with E-state index in [9.17, 15) is 15.0 Å². The minimum atomic E-state index is -0.195. The molecule has 1 aromatic rings. The number of nitrogens with zero attached hydrogens (tertiary/aromatic N) is 5. The average Bonchev–Trinajstić information content (AvgIpc) is 3.14. The fourth-order valence-electron chi connectivity index (χ4n) is 4.02. The number of aliphatic hydroxyl groups excluding tert-OH is 2. The number of aliphatic hydroxyl groups is 2. The van der Waals surface area contributed by atoms with E-state index in [1.54, 1.807) is 11.8 Å². The second kappa shape index (κ2) is 9.84. The Morgan fingerprint density at radius 1 is 1.11 bits per heavy atom. The van der Waals surface area contributed by atoms with Crippen LogP contribution in [0, 0.1) is 0 Å². The van der Waals surface area contributed by atoms with Crippen LogP contribution < -0.4 is 0 Å². The lowest BCUT2D eigenvalue weighted by Crippen LogP contribution is -2.40. The lowest BCUT2D eigenvalue weighted by molar-refractivity contribution is -0.133. The Morgan fingerprint density at radius 2 is 1.74 bits per heavy atom. The second-order valence-corrected chi connectivity index (χ2v) is 8.85. The van der Waals surface area contributed by atoms with Crippen molar-refractivity contribution in [1.82, 2.24) is 25.1 Å². The van der Waals surface area contributed by atoms with Gasteiger partial charge in [0.2, 0.25) is 11.1 Å². The van der Waals surface area contributed by atoms with Crippen molar-refractivity contribution in [1.29, 1.82) is 0 Å². The number of amides is 1. The first-order chi connectivity index (χ1) is 13.0. The van der Waals surface area contributed by atoms with Gasteiger partial charge in [0.15, 0.2) is 0 Å². The highest BCUT2D eigenvalue weighted by Gasteiger charge is 2.26. The summed E-state index contributed by atoms with van der Waals surface area (Å²) >= 11 is 1.60. The Morgan fingerprint density at radius 3 is 2.41 bits per heavy atom. The largest absolute Gasteiger partial charge is 0.393 e. The van der Waals surface area contributed by atoms with Gasteiger partial charge >= 0.3 is 0 Å². The third kappa shape index (κ3) is 5.65. The molecular formula is C18H31N5O3S. The fourth-order valence-corrected chi connectivity index (χ4v) is 4.91. The van der Waals surface area contributed by atoms with Crippen molar-refractivity contribution in [3.63, 3.8) is 0 Å². The summed E-state index contributed by atoms with van der Waals surface area (Å²) in [4.78, 5) is 14.3. The highest BCUT2D eigenvalue weighted by atomic mass is 32.2. The van der Waals surface area contributed by atoms with E-state index in [0.29, 0.717) is 6.42 Å². The molecule has 0 saturated heterocycles. The number of aromatic nitrogens is 4. The Labute approximate surface area is 164 Å². The highest BCUT2D eigenvalue weighted by molar-refractivity contribution is 7.99. The van der Waals surface area contributed by atoms with Crippen LogP contribution in [0.4, 0.5) is 0 Å². The SMILES string of the molecule is CN(C(=O)CCCSc1nnnn1C1CCC(O)CC1)C1CCC(O)CC1. The Hall–Kier alpha value is -1.19. The van der Waals surface area contributed by atoms with Gasteiger partial charge in [-0.05, 0) is 68.2 Å². The van der Waals surface area contributed by atoms with Crippen LogP contribution in [0.25, 0.3) is 0 Å². The van der Waals surface area contributed by atoms with Gasteiger partial charge in [0.1, 0.15) is 0 Å². The highest BCUT2D eigenvalue weighted by Crippen LogP contribution is 2.30. The summed E-state index contributed by atoms with van der Waals surface area (Å²) in [7, 11) is 1.88. The van der Waals surface area contributed by atoms with Gasteiger partial charge in [0, 0.05) is 25.3 Å². The number of hydrogen-bond acceptors (Lipinski definition) is 7. The molecule has 0 aliphatic heterocycles. The zero-order valence-electron chi connectivity index (χ0n) is 16.0. The molecule has 2 fully saturated rings. The smallest absolute Gasteiger partial charge is 0.222 e. The Kier molecular flexibility index (Phi) is 7.49. The maximum Gasteiger partial charge on any atom is 0.222 e. The van der Waals surface area contributed by atoms with E-state index >= 15 is 0 Å².